The summed E-state index contributed by atoms with van der Waals surface area (Å²) in [4.78, 5) is 0. The molecule has 0 aliphatic carbocycles. The first-order valence-corrected chi connectivity index (χ1v) is 6.65. The highest BCUT2D eigenvalue weighted by Crippen LogP contribution is 2.37. The minimum Gasteiger partial charge on any atom is -0.497 e. The average molecular weight is 288 g/mol. The van der Waals surface area contributed by atoms with E-state index in [1.807, 2.05) is 25.1 Å². The molecule has 21 heavy (non-hydrogen) atoms. The minimum absolute atomic E-state index is 0.604. The molecule has 0 saturated heterocycles. The maximum atomic E-state index is 10.7. The molecule has 0 radical (unpaired) electrons. The fourth-order valence-electron chi connectivity index (χ4n) is 2.29. The van der Waals surface area contributed by atoms with E-state index in [0.717, 1.165) is 5.56 Å². The quantitative estimate of drug-likeness (QED) is 0.918. The molecule has 4 nitrogen and oxygen atoms in total. The van der Waals surface area contributed by atoms with Gasteiger partial charge in [-0.15, -0.1) is 0 Å². The van der Waals surface area contributed by atoms with Crippen LogP contribution in [0, 0.1) is 6.92 Å². The first-order valence-electron chi connectivity index (χ1n) is 6.65. The molecule has 0 saturated carbocycles. The van der Waals surface area contributed by atoms with E-state index in [1.54, 1.807) is 39.5 Å². The highest BCUT2D eigenvalue weighted by Gasteiger charge is 2.20. The second-order valence-corrected chi connectivity index (χ2v) is 4.76. The Morgan fingerprint density at radius 2 is 1.38 bits per heavy atom. The number of aliphatic hydroxyl groups excluding tert-OH is 1. The molecule has 0 aliphatic rings. The Labute approximate surface area is 124 Å². The van der Waals surface area contributed by atoms with E-state index in [2.05, 4.69) is 0 Å². The zero-order valence-electron chi connectivity index (χ0n) is 12.7. The zero-order chi connectivity index (χ0) is 15.4. The van der Waals surface area contributed by atoms with Crippen LogP contribution in [0.2, 0.25) is 0 Å². The molecule has 0 amide bonds. The van der Waals surface area contributed by atoms with Gasteiger partial charge in [-0.1, -0.05) is 11.6 Å². The summed E-state index contributed by atoms with van der Waals surface area (Å²) in [6, 6.07) is 11.0. The summed E-state index contributed by atoms with van der Waals surface area (Å²) in [5, 5.41) is 10.7. The first-order chi connectivity index (χ1) is 10.1. The topological polar surface area (TPSA) is 47.9 Å². The Bertz CT molecular complexity index is 622. The van der Waals surface area contributed by atoms with Crippen LogP contribution in [0.15, 0.2) is 36.4 Å². The number of rotatable bonds is 5. The van der Waals surface area contributed by atoms with E-state index in [9.17, 15) is 5.11 Å². The highest BCUT2D eigenvalue weighted by molar-refractivity contribution is 5.49. The average Bonchev–Trinajstić information content (AvgIpc) is 2.53. The van der Waals surface area contributed by atoms with Gasteiger partial charge in [0.2, 0.25) is 0 Å². The van der Waals surface area contributed by atoms with E-state index in [1.165, 1.54) is 0 Å². The van der Waals surface area contributed by atoms with Crippen LogP contribution in [0.3, 0.4) is 0 Å². The van der Waals surface area contributed by atoms with Crippen LogP contribution in [0.25, 0.3) is 0 Å². The molecule has 0 fully saturated rings. The van der Waals surface area contributed by atoms with Crippen molar-refractivity contribution < 1.29 is 19.3 Å². The molecular weight excluding hydrogens is 268 g/mol. The summed E-state index contributed by atoms with van der Waals surface area (Å²) < 4.78 is 15.9. The number of methoxy groups -OCH3 is 3. The van der Waals surface area contributed by atoms with Gasteiger partial charge in [-0.25, -0.2) is 0 Å². The Morgan fingerprint density at radius 3 is 1.95 bits per heavy atom. The van der Waals surface area contributed by atoms with Crippen molar-refractivity contribution in [1.29, 1.82) is 0 Å². The second-order valence-electron chi connectivity index (χ2n) is 4.76. The number of aryl methyl sites for hydroxylation is 1. The fourth-order valence-corrected chi connectivity index (χ4v) is 2.29. The number of benzene rings is 2. The third-order valence-electron chi connectivity index (χ3n) is 3.41. The van der Waals surface area contributed by atoms with E-state index in [0.29, 0.717) is 28.4 Å². The van der Waals surface area contributed by atoms with Crippen LogP contribution in [0.4, 0.5) is 0 Å². The van der Waals surface area contributed by atoms with Gasteiger partial charge in [0.05, 0.1) is 21.3 Å². The molecule has 0 aliphatic heterocycles. The normalized spacial score (nSPS) is 11.9. The summed E-state index contributed by atoms with van der Waals surface area (Å²) in [7, 11) is 4.75. The molecule has 0 spiro atoms. The lowest BCUT2D eigenvalue weighted by molar-refractivity contribution is 0.209. The van der Waals surface area contributed by atoms with Gasteiger partial charge in [-0.05, 0) is 37.3 Å². The van der Waals surface area contributed by atoms with Gasteiger partial charge in [0.1, 0.15) is 23.4 Å². The van der Waals surface area contributed by atoms with E-state index in [-0.39, 0.29) is 0 Å². The summed E-state index contributed by atoms with van der Waals surface area (Å²) in [6.45, 7) is 1.97. The molecular formula is C17H20O4. The second kappa shape index (κ2) is 6.50. The highest BCUT2D eigenvalue weighted by atomic mass is 16.5. The number of hydrogen-bond donors (Lipinski definition) is 1. The van der Waals surface area contributed by atoms with Crippen molar-refractivity contribution in [2.24, 2.45) is 0 Å². The predicted octanol–water partition coefficient (Wildman–Crippen LogP) is 3.10. The molecule has 0 heterocycles. The summed E-state index contributed by atoms with van der Waals surface area (Å²) >= 11 is 0. The first kappa shape index (κ1) is 15.2. The number of aliphatic hydroxyl groups is 1. The number of ether oxygens (including phenoxy) is 3. The van der Waals surface area contributed by atoms with Crippen molar-refractivity contribution in [2.45, 2.75) is 13.0 Å². The van der Waals surface area contributed by atoms with Crippen LogP contribution in [-0.4, -0.2) is 26.4 Å². The van der Waals surface area contributed by atoms with Crippen molar-refractivity contribution in [3.8, 4) is 17.2 Å². The summed E-state index contributed by atoms with van der Waals surface area (Å²) in [6.07, 6.45) is -0.857. The van der Waals surface area contributed by atoms with Gasteiger partial charge in [-0.3, -0.25) is 0 Å². The minimum atomic E-state index is -0.857. The molecule has 4 heteroatoms. The summed E-state index contributed by atoms with van der Waals surface area (Å²) in [5.41, 5.74) is 2.39. The van der Waals surface area contributed by atoms with Gasteiger partial charge >= 0.3 is 0 Å². The van der Waals surface area contributed by atoms with E-state index in [4.69, 9.17) is 14.2 Å². The molecule has 1 unspecified atom stereocenters. The van der Waals surface area contributed by atoms with Gasteiger partial charge in [0, 0.05) is 11.1 Å². The number of hydrogen-bond acceptors (Lipinski definition) is 4. The molecule has 2 rings (SSSR count). The Morgan fingerprint density at radius 1 is 0.810 bits per heavy atom. The molecule has 1 atom stereocenters. The van der Waals surface area contributed by atoms with E-state index < -0.39 is 6.10 Å². The molecule has 2 aromatic carbocycles. The predicted molar refractivity (Wildman–Crippen MR) is 81.3 cm³/mol. The van der Waals surface area contributed by atoms with Crippen LogP contribution in [0.5, 0.6) is 17.2 Å². The molecule has 0 bridgehead atoms. The maximum Gasteiger partial charge on any atom is 0.125 e. The van der Waals surface area contributed by atoms with Gasteiger partial charge in [-0.2, -0.15) is 0 Å². The molecule has 1 N–H and O–H groups in total. The third-order valence-corrected chi connectivity index (χ3v) is 3.41. The van der Waals surface area contributed by atoms with Crippen molar-refractivity contribution in [3.63, 3.8) is 0 Å². The Hall–Kier alpha value is -2.20. The van der Waals surface area contributed by atoms with Crippen molar-refractivity contribution >= 4 is 0 Å². The molecule has 112 valence electrons. The molecule has 0 aromatic heterocycles. The lowest BCUT2D eigenvalue weighted by atomic mass is 9.98. The smallest absolute Gasteiger partial charge is 0.125 e. The summed E-state index contributed by atoms with van der Waals surface area (Å²) in [5.74, 6) is 1.90. The van der Waals surface area contributed by atoms with Crippen LogP contribution < -0.4 is 14.2 Å². The van der Waals surface area contributed by atoms with E-state index >= 15 is 0 Å². The Balaban J connectivity index is 2.53. The van der Waals surface area contributed by atoms with Crippen molar-refractivity contribution in [2.75, 3.05) is 21.3 Å². The monoisotopic (exact) mass is 288 g/mol. The maximum absolute atomic E-state index is 10.7. The van der Waals surface area contributed by atoms with Crippen LogP contribution >= 0.6 is 0 Å². The largest absolute Gasteiger partial charge is 0.497 e. The molecule has 2 aromatic rings. The standard InChI is InChI=1S/C17H20O4/c1-11-5-7-15(20-3)13(9-11)17(18)14-10-12(19-2)6-8-16(14)21-4/h5-10,17-18H,1-4H3. The Kier molecular flexibility index (Phi) is 4.70. The van der Waals surface area contributed by atoms with Gasteiger partial charge in [0.15, 0.2) is 0 Å². The van der Waals surface area contributed by atoms with Gasteiger partial charge in [0.25, 0.3) is 0 Å². The SMILES string of the molecule is COc1ccc(OC)c(C(O)c2cc(C)ccc2OC)c1. The third kappa shape index (κ3) is 3.11. The lowest BCUT2D eigenvalue weighted by Crippen LogP contribution is -2.05. The van der Waals surface area contributed by atoms with Crippen LogP contribution in [0.1, 0.15) is 22.8 Å². The fraction of sp³-hybridized carbons (Fsp3) is 0.294. The van der Waals surface area contributed by atoms with Gasteiger partial charge < -0.3 is 19.3 Å². The van der Waals surface area contributed by atoms with Crippen molar-refractivity contribution in [3.05, 3.63) is 53.1 Å². The zero-order valence-corrected chi connectivity index (χ0v) is 12.7. The lowest BCUT2D eigenvalue weighted by Gasteiger charge is -2.19. The van der Waals surface area contributed by atoms with Crippen molar-refractivity contribution in [1.82, 2.24) is 0 Å². The van der Waals surface area contributed by atoms with Crippen LogP contribution in [-0.2, 0) is 0 Å².